The van der Waals surface area contributed by atoms with E-state index >= 15 is 0 Å². The Morgan fingerprint density at radius 2 is 1.97 bits per heavy atom. The van der Waals surface area contributed by atoms with Gasteiger partial charge in [-0.1, -0.05) is 24.3 Å². The van der Waals surface area contributed by atoms with Crippen molar-refractivity contribution in [2.75, 3.05) is 18.6 Å². The van der Waals surface area contributed by atoms with Gasteiger partial charge in [0.2, 0.25) is 0 Å². The van der Waals surface area contributed by atoms with E-state index in [4.69, 9.17) is 9.47 Å². The van der Waals surface area contributed by atoms with E-state index in [-0.39, 0.29) is 18.5 Å². The van der Waals surface area contributed by atoms with Crippen molar-refractivity contribution in [1.82, 2.24) is 4.98 Å². The van der Waals surface area contributed by atoms with Gasteiger partial charge in [-0.3, -0.25) is 14.7 Å². The van der Waals surface area contributed by atoms with Crippen molar-refractivity contribution in [3.63, 3.8) is 0 Å². The molecular formula is C25H22N2O4. The molecule has 6 heteroatoms. The van der Waals surface area contributed by atoms with Gasteiger partial charge in [-0.2, -0.15) is 0 Å². The van der Waals surface area contributed by atoms with Crippen LogP contribution < -0.4 is 9.64 Å². The van der Waals surface area contributed by atoms with E-state index in [2.05, 4.69) is 4.98 Å². The molecular weight excluding hydrogens is 392 g/mol. The number of anilines is 2. The summed E-state index contributed by atoms with van der Waals surface area (Å²) in [6.07, 6.45) is 4.61. The molecule has 0 unspecified atom stereocenters. The van der Waals surface area contributed by atoms with Crippen LogP contribution in [0.5, 0.6) is 5.75 Å². The van der Waals surface area contributed by atoms with E-state index in [0.717, 1.165) is 29.7 Å². The fraction of sp³-hybridized carbons (Fsp3) is 0.240. The number of hydrogen-bond acceptors (Lipinski definition) is 5. The Hall–Kier alpha value is -3.67. The minimum absolute atomic E-state index is 0.0207. The second-order valence-corrected chi connectivity index (χ2v) is 7.86. The SMILES string of the molecule is COC(=O)c1cc(C2CC2)cnc1Cc1ccc2c(c1)OCC(=O)N2c1ccccc1. The van der Waals surface area contributed by atoms with Gasteiger partial charge in [0.1, 0.15) is 5.75 Å². The summed E-state index contributed by atoms with van der Waals surface area (Å²) in [6, 6.07) is 17.2. The van der Waals surface area contributed by atoms with Crippen LogP contribution in [-0.2, 0) is 16.0 Å². The lowest BCUT2D eigenvalue weighted by Crippen LogP contribution is -2.35. The van der Waals surface area contributed by atoms with Crippen LogP contribution in [0, 0.1) is 0 Å². The molecule has 0 saturated heterocycles. The number of para-hydroxylation sites is 1. The summed E-state index contributed by atoms with van der Waals surface area (Å²) in [5.41, 5.74) is 4.72. The highest BCUT2D eigenvalue weighted by molar-refractivity contribution is 6.04. The number of fused-ring (bicyclic) bond motifs is 1. The lowest BCUT2D eigenvalue weighted by atomic mass is 10.0. The number of aromatic nitrogens is 1. The molecule has 5 rings (SSSR count). The molecule has 2 aliphatic rings. The summed E-state index contributed by atoms with van der Waals surface area (Å²) in [6.45, 7) is -0.0207. The third kappa shape index (κ3) is 3.77. The number of benzene rings is 2. The molecule has 1 aliphatic heterocycles. The average Bonchev–Trinajstić information content (AvgIpc) is 3.65. The molecule has 1 fully saturated rings. The van der Waals surface area contributed by atoms with Crippen molar-refractivity contribution < 1.29 is 19.1 Å². The first-order chi connectivity index (χ1) is 15.1. The van der Waals surface area contributed by atoms with Gasteiger partial charge in [-0.25, -0.2) is 4.79 Å². The van der Waals surface area contributed by atoms with Crippen molar-refractivity contribution in [3.05, 3.63) is 83.2 Å². The molecule has 1 aliphatic carbocycles. The van der Waals surface area contributed by atoms with Crippen molar-refractivity contribution in [2.24, 2.45) is 0 Å². The van der Waals surface area contributed by atoms with Crippen LogP contribution in [0.25, 0.3) is 0 Å². The van der Waals surface area contributed by atoms with E-state index in [1.165, 1.54) is 7.11 Å². The van der Waals surface area contributed by atoms with Gasteiger partial charge in [0.25, 0.3) is 5.91 Å². The third-order valence-corrected chi connectivity index (χ3v) is 5.70. The highest BCUT2D eigenvalue weighted by atomic mass is 16.5. The molecule has 6 nitrogen and oxygen atoms in total. The minimum atomic E-state index is -0.375. The fourth-order valence-corrected chi connectivity index (χ4v) is 3.94. The summed E-state index contributed by atoms with van der Waals surface area (Å²) in [5, 5.41) is 0. The first kappa shape index (κ1) is 19.3. The van der Waals surface area contributed by atoms with Gasteiger partial charge < -0.3 is 9.47 Å². The first-order valence-corrected chi connectivity index (χ1v) is 10.3. The molecule has 0 spiro atoms. The Kier molecular flexibility index (Phi) is 4.90. The van der Waals surface area contributed by atoms with Gasteiger partial charge in [0.15, 0.2) is 6.61 Å². The van der Waals surface area contributed by atoms with Crippen molar-refractivity contribution in [1.29, 1.82) is 0 Å². The number of hydrogen-bond donors (Lipinski definition) is 0. The maximum absolute atomic E-state index is 12.5. The van der Waals surface area contributed by atoms with Crippen LogP contribution in [-0.4, -0.2) is 30.6 Å². The summed E-state index contributed by atoms with van der Waals surface area (Å²) in [4.78, 5) is 31.1. The zero-order valence-electron chi connectivity index (χ0n) is 17.2. The van der Waals surface area contributed by atoms with Gasteiger partial charge in [-0.15, -0.1) is 0 Å². The van der Waals surface area contributed by atoms with Crippen LogP contribution in [0.1, 0.15) is 45.9 Å². The number of carbonyl (C=O) groups excluding carboxylic acids is 2. The lowest BCUT2D eigenvalue weighted by Gasteiger charge is -2.29. The summed E-state index contributed by atoms with van der Waals surface area (Å²) >= 11 is 0. The average molecular weight is 414 g/mol. The first-order valence-electron chi connectivity index (χ1n) is 10.3. The second-order valence-electron chi connectivity index (χ2n) is 7.86. The Morgan fingerprint density at radius 1 is 1.16 bits per heavy atom. The largest absolute Gasteiger partial charge is 0.482 e. The number of methoxy groups -OCH3 is 1. The van der Waals surface area contributed by atoms with Crippen LogP contribution >= 0.6 is 0 Å². The Labute approximate surface area is 180 Å². The highest BCUT2D eigenvalue weighted by Gasteiger charge is 2.28. The number of nitrogens with zero attached hydrogens (tertiary/aromatic N) is 2. The molecule has 0 atom stereocenters. The maximum atomic E-state index is 12.5. The fourth-order valence-electron chi connectivity index (χ4n) is 3.94. The van der Waals surface area contributed by atoms with E-state index < -0.39 is 0 Å². The number of ether oxygens (including phenoxy) is 2. The van der Waals surface area contributed by atoms with Crippen LogP contribution in [0.15, 0.2) is 60.8 Å². The van der Waals surface area contributed by atoms with Gasteiger partial charge in [0.05, 0.1) is 24.1 Å². The molecule has 2 aromatic carbocycles. The number of pyridine rings is 1. The minimum Gasteiger partial charge on any atom is -0.482 e. The zero-order valence-corrected chi connectivity index (χ0v) is 17.2. The standard InChI is InChI=1S/C25H22N2O4/c1-30-25(29)20-13-18(17-8-9-17)14-26-21(20)11-16-7-10-22-23(12-16)31-15-24(28)27(22)19-5-3-2-4-6-19/h2-7,10,12-14,17H,8-9,11,15H2,1H3. The number of esters is 1. The number of rotatable bonds is 5. The van der Waals surface area contributed by atoms with E-state index in [9.17, 15) is 9.59 Å². The maximum Gasteiger partial charge on any atom is 0.339 e. The Balaban J connectivity index is 1.47. The quantitative estimate of drug-likeness (QED) is 0.579. The zero-order chi connectivity index (χ0) is 21.4. The van der Waals surface area contributed by atoms with Crippen LogP contribution in [0.4, 0.5) is 11.4 Å². The molecule has 156 valence electrons. The molecule has 3 aromatic rings. The van der Waals surface area contributed by atoms with Crippen LogP contribution in [0.2, 0.25) is 0 Å². The summed E-state index contributed by atoms with van der Waals surface area (Å²) in [5.74, 6) is 0.649. The van der Waals surface area contributed by atoms with Crippen molar-refractivity contribution in [2.45, 2.75) is 25.2 Å². The molecule has 0 radical (unpaired) electrons. The molecule has 1 aromatic heterocycles. The third-order valence-electron chi connectivity index (χ3n) is 5.70. The van der Waals surface area contributed by atoms with Crippen molar-refractivity contribution in [3.8, 4) is 5.75 Å². The number of carbonyl (C=O) groups is 2. The smallest absolute Gasteiger partial charge is 0.339 e. The van der Waals surface area contributed by atoms with Gasteiger partial charge in [0, 0.05) is 18.3 Å². The Morgan fingerprint density at radius 3 is 2.71 bits per heavy atom. The molecule has 31 heavy (non-hydrogen) atoms. The predicted octanol–water partition coefficient (Wildman–Crippen LogP) is 4.39. The lowest BCUT2D eigenvalue weighted by molar-refractivity contribution is -0.120. The molecule has 0 bridgehead atoms. The van der Waals surface area contributed by atoms with Crippen molar-refractivity contribution >= 4 is 23.3 Å². The van der Waals surface area contributed by atoms with E-state index in [1.54, 1.807) is 4.90 Å². The summed E-state index contributed by atoms with van der Waals surface area (Å²) < 4.78 is 10.7. The topological polar surface area (TPSA) is 68.7 Å². The normalized spacial score (nSPS) is 15.3. The summed E-state index contributed by atoms with van der Waals surface area (Å²) in [7, 11) is 1.39. The Bertz CT molecular complexity index is 1160. The van der Waals surface area contributed by atoms with E-state index in [1.807, 2.05) is 60.8 Å². The van der Waals surface area contributed by atoms with E-state index in [0.29, 0.717) is 35.0 Å². The molecule has 1 amide bonds. The van der Waals surface area contributed by atoms with Gasteiger partial charge >= 0.3 is 5.97 Å². The van der Waals surface area contributed by atoms with Gasteiger partial charge in [-0.05, 0) is 60.2 Å². The molecule has 0 N–H and O–H groups in total. The monoisotopic (exact) mass is 414 g/mol. The second kappa shape index (κ2) is 7.87. The highest BCUT2D eigenvalue weighted by Crippen LogP contribution is 2.41. The molecule has 1 saturated carbocycles. The number of amides is 1. The predicted molar refractivity (Wildman–Crippen MR) is 116 cm³/mol. The van der Waals surface area contributed by atoms with Crippen LogP contribution in [0.3, 0.4) is 0 Å². The molecule has 2 heterocycles.